The fourth-order valence-electron chi connectivity index (χ4n) is 2.50. The topological polar surface area (TPSA) is 94.3 Å². The van der Waals surface area contributed by atoms with Gasteiger partial charge in [0, 0.05) is 6.61 Å². The molecule has 1 saturated carbocycles. The fraction of sp³-hybridized carbons (Fsp3) is 0.833. The molecule has 20 heavy (non-hydrogen) atoms. The summed E-state index contributed by atoms with van der Waals surface area (Å²) in [5, 5.41) is 3.72. The van der Waals surface area contributed by atoms with Gasteiger partial charge in [0.25, 0.3) is 0 Å². The molecule has 2 atom stereocenters. The third-order valence-corrected chi connectivity index (χ3v) is 5.43. The van der Waals surface area contributed by atoms with E-state index >= 15 is 0 Å². The summed E-state index contributed by atoms with van der Waals surface area (Å²) in [6.07, 6.45) is 2.06. The summed E-state index contributed by atoms with van der Waals surface area (Å²) in [4.78, 5) is 4.14. The molecule has 0 bridgehead atoms. The zero-order valence-electron chi connectivity index (χ0n) is 11.6. The third kappa shape index (κ3) is 2.72. The Morgan fingerprint density at radius 2 is 2.20 bits per heavy atom. The van der Waals surface area contributed by atoms with Gasteiger partial charge < -0.3 is 9.26 Å². The highest BCUT2D eigenvalue weighted by atomic mass is 32.2. The molecule has 2 fully saturated rings. The van der Waals surface area contributed by atoms with Gasteiger partial charge in [-0.3, -0.25) is 0 Å². The highest BCUT2D eigenvalue weighted by Crippen LogP contribution is 2.45. The largest absolute Gasteiger partial charge is 0.377 e. The van der Waals surface area contributed by atoms with Crippen LogP contribution in [0.1, 0.15) is 37.9 Å². The van der Waals surface area contributed by atoms with Crippen LogP contribution in [0.3, 0.4) is 0 Å². The van der Waals surface area contributed by atoms with Crippen LogP contribution >= 0.6 is 0 Å². The lowest BCUT2D eigenvalue weighted by Gasteiger charge is -2.18. The molecule has 1 saturated heterocycles. The molecule has 0 amide bonds. The van der Waals surface area contributed by atoms with Gasteiger partial charge in [0.2, 0.25) is 15.9 Å². The third-order valence-electron chi connectivity index (χ3n) is 3.96. The minimum absolute atomic E-state index is 0.0109. The van der Waals surface area contributed by atoms with Crippen LogP contribution in [0.5, 0.6) is 0 Å². The Labute approximate surface area is 118 Å². The van der Waals surface area contributed by atoms with Crippen molar-refractivity contribution in [2.75, 3.05) is 12.4 Å². The van der Waals surface area contributed by atoms with Crippen molar-refractivity contribution < 1.29 is 17.7 Å². The van der Waals surface area contributed by atoms with Gasteiger partial charge in [-0.05, 0) is 32.1 Å². The highest BCUT2D eigenvalue weighted by Gasteiger charge is 2.52. The van der Waals surface area contributed by atoms with Gasteiger partial charge in [-0.25, -0.2) is 8.42 Å². The number of nitrogens with one attached hydrogen (secondary N) is 1. The molecule has 2 heterocycles. The van der Waals surface area contributed by atoms with E-state index < -0.39 is 15.6 Å². The smallest absolute Gasteiger partial charge is 0.247 e. The van der Waals surface area contributed by atoms with E-state index in [1.165, 1.54) is 0 Å². The Balaban J connectivity index is 1.70. The maximum absolute atomic E-state index is 12.3. The summed E-state index contributed by atoms with van der Waals surface area (Å²) in [7, 11) is -3.43. The van der Waals surface area contributed by atoms with Crippen molar-refractivity contribution in [3.05, 3.63) is 11.7 Å². The van der Waals surface area contributed by atoms with Crippen LogP contribution in [-0.2, 0) is 20.3 Å². The van der Waals surface area contributed by atoms with Crippen LogP contribution in [0.2, 0.25) is 0 Å². The lowest BCUT2D eigenvalue weighted by Crippen LogP contribution is -2.40. The zero-order valence-corrected chi connectivity index (χ0v) is 12.4. The molecular weight excluding hydrogens is 282 g/mol. The molecule has 1 aliphatic carbocycles. The molecular formula is C12H19N3O4S. The number of hydrogen-bond donors (Lipinski definition) is 1. The van der Waals surface area contributed by atoms with E-state index in [2.05, 4.69) is 14.9 Å². The van der Waals surface area contributed by atoms with Gasteiger partial charge in [-0.15, -0.1) is 0 Å². The molecule has 0 spiro atoms. The standard InChI is InChI=1S/C12H19N3O4S/c1-8-3-6-18-10(8)7-20(16,17)15-12(4-5-12)11-13-9(2)14-19-11/h8,10,15H,3-7H2,1-2H3/t8-,10-/m1/s1. The molecule has 1 N–H and O–H groups in total. The number of hydrogen-bond acceptors (Lipinski definition) is 6. The minimum Gasteiger partial charge on any atom is -0.377 e. The highest BCUT2D eigenvalue weighted by molar-refractivity contribution is 7.89. The van der Waals surface area contributed by atoms with E-state index in [0.29, 0.717) is 31.2 Å². The van der Waals surface area contributed by atoms with E-state index in [1.54, 1.807) is 6.92 Å². The van der Waals surface area contributed by atoms with Crippen LogP contribution in [-0.4, -0.2) is 37.0 Å². The molecule has 1 aromatic rings. The second-order valence-corrected chi connectivity index (χ2v) is 7.55. The van der Waals surface area contributed by atoms with Crippen molar-refractivity contribution in [1.29, 1.82) is 0 Å². The lowest BCUT2D eigenvalue weighted by molar-refractivity contribution is 0.111. The molecule has 3 rings (SSSR count). The molecule has 0 aromatic carbocycles. The lowest BCUT2D eigenvalue weighted by atomic mass is 10.1. The van der Waals surface area contributed by atoms with E-state index in [1.807, 2.05) is 6.92 Å². The second kappa shape index (κ2) is 4.78. The Bertz CT molecular complexity index is 594. The maximum Gasteiger partial charge on any atom is 0.247 e. The normalized spacial score (nSPS) is 28.7. The second-order valence-electron chi connectivity index (χ2n) is 5.79. The monoisotopic (exact) mass is 301 g/mol. The minimum atomic E-state index is -3.43. The van der Waals surface area contributed by atoms with Crippen molar-refractivity contribution in [3.8, 4) is 0 Å². The molecule has 1 aliphatic heterocycles. The Hall–Kier alpha value is -0.990. The summed E-state index contributed by atoms with van der Waals surface area (Å²) in [5.74, 6) is 1.13. The van der Waals surface area contributed by atoms with Gasteiger partial charge in [0.1, 0.15) is 5.54 Å². The van der Waals surface area contributed by atoms with E-state index in [4.69, 9.17) is 9.26 Å². The predicted molar refractivity (Wildman–Crippen MR) is 70.4 cm³/mol. The fourth-order valence-corrected chi connectivity index (χ4v) is 4.33. The first-order valence-electron chi connectivity index (χ1n) is 6.84. The molecule has 0 unspecified atom stereocenters. The average molecular weight is 301 g/mol. The molecule has 2 aliphatic rings. The molecule has 7 nitrogen and oxygen atoms in total. The van der Waals surface area contributed by atoms with Crippen molar-refractivity contribution in [2.24, 2.45) is 5.92 Å². The van der Waals surface area contributed by atoms with Crippen molar-refractivity contribution in [3.63, 3.8) is 0 Å². The van der Waals surface area contributed by atoms with Crippen molar-refractivity contribution >= 4 is 10.0 Å². The first-order chi connectivity index (χ1) is 9.40. The molecule has 0 radical (unpaired) electrons. The number of aryl methyl sites for hydroxylation is 1. The van der Waals surface area contributed by atoms with Gasteiger partial charge >= 0.3 is 0 Å². The summed E-state index contributed by atoms with van der Waals surface area (Å²) < 4.78 is 37.9. The summed E-state index contributed by atoms with van der Waals surface area (Å²) >= 11 is 0. The first kappa shape index (κ1) is 14.0. The van der Waals surface area contributed by atoms with E-state index in [9.17, 15) is 8.42 Å². The SMILES string of the molecule is Cc1noc(C2(NS(=O)(=O)C[C@H]3OCC[C@H]3C)CC2)n1. The number of rotatable bonds is 5. The van der Waals surface area contributed by atoms with Crippen molar-refractivity contribution in [2.45, 2.75) is 44.8 Å². The first-order valence-corrected chi connectivity index (χ1v) is 8.49. The Morgan fingerprint density at radius 1 is 1.45 bits per heavy atom. The summed E-state index contributed by atoms with van der Waals surface area (Å²) in [6, 6.07) is 0. The maximum atomic E-state index is 12.3. The van der Waals surface area contributed by atoms with Crippen LogP contribution < -0.4 is 4.72 Å². The average Bonchev–Trinajstić information content (AvgIpc) is 2.79. The number of ether oxygens (including phenoxy) is 1. The zero-order chi connectivity index (χ0) is 14.4. The van der Waals surface area contributed by atoms with Crippen LogP contribution in [0.4, 0.5) is 0 Å². The van der Waals surface area contributed by atoms with Gasteiger partial charge in [-0.2, -0.15) is 9.71 Å². The van der Waals surface area contributed by atoms with Gasteiger partial charge in [0.15, 0.2) is 5.82 Å². The van der Waals surface area contributed by atoms with E-state index in [-0.39, 0.29) is 17.8 Å². The van der Waals surface area contributed by atoms with Crippen LogP contribution in [0.15, 0.2) is 4.52 Å². The number of aromatic nitrogens is 2. The molecule has 1 aromatic heterocycles. The molecule has 8 heteroatoms. The quantitative estimate of drug-likeness (QED) is 0.861. The Morgan fingerprint density at radius 3 is 2.70 bits per heavy atom. The predicted octanol–water partition coefficient (Wildman–Crippen LogP) is 0.712. The summed E-state index contributed by atoms with van der Waals surface area (Å²) in [6.45, 7) is 4.36. The Kier molecular flexibility index (Phi) is 3.34. The van der Waals surface area contributed by atoms with Gasteiger partial charge in [0.05, 0.1) is 11.9 Å². The van der Waals surface area contributed by atoms with Crippen LogP contribution in [0, 0.1) is 12.8 Å². The van der Waals surface area contributed by atoms with E-state index in [0.717, 1.165) is 6.42 Å². The van der Waals surface area contributed by atoms with Crippen LogP contribution in [0.25, 0.3) is 0 Å². The number of sulfonamides is 1. The molecule has 112 valence electrons. The number of nitrogens with zero attached hydrogens (tertiary/aromatic N) is 2. The van der Waals surface area contributed by atoms with Crippen molar-refractivity contribution in [1.82, 2.24) is 14.9 Å². The van der Waals surface area contributed by atoms with Gasteiger partial charge in [-0.1, -0.05) is 12.1 Å². The summed E-state index contributed by atoms with van der Waals surface area (Å²) in [5.41, 5.74) is -0.693.